The van der Waals surface area contributed by atoms with Crippen molar-refractivity contribution in [2.75, 3.05) is 7.11 Å². The highest BCUT2D eigenvalue weighted by molar-refractivity contribution is 6.09. The van der Waals surface area contributed by atoms with Gasteiger partial charge in [-0.25, -0.2) is 4.79 Å². The second-order valence-electron chi connectivity index (χ2n) is 8.29. The topological polar surface area (TPSA) is 132 Å². The molecule has 0 saturated carbocycles. The SMILES string of the molecule is COC(=O)c1ccc2c(C3=C(c4cn(C)c5cc([N+](=O)[O-])ccc45)C(O)NC3O)cn(C)c2c1. The van der Waals surface area contributed by atoms with Crippen LogP contribution in [-0.2, 0) is 18.8 Å². The number of fused-ring (bicyclic) bond motifs is 2. The third kappa shape index (κ3) is 3.19. The molecule has 0 radical (unpaired) electrons. The first-order valence-corrected chi connectivity index (χ1v) is 10.5. The van der Waals surface area contributed by atoms with Crippen LogP contribution in [0.4, 0.5) is 5.69 Å². The van der Waals surface area contributed by atoms with Crippen LogP contribution in [0, 0.1) is 10.1 Å². The predicted octanol–water partition coefficient (Wildman–Crippen LogP) is 2.52. The summed E-state index contributed by atoms with van der Waals surface area (Å²) < 4.78 is 8.41. The molecule has 5 rings (SSSR count). The van der Waals surface area contributed by atoms with Gasteiger partial charge < -0.3 is 24.1 Å². The maximum absolute atomic E-state index is 12.0. The quantitative estimate of drug-likeness (QED) is 0.241. The smallest absolute Gasteiger partial charge is 0.337 e. The maximum atomic E-state index is 12.0. The van der Waals surface area contributed by atoms with Crippen molar-refractivity contribution in [3.05, 3.63) is 75.6 Å². The number of carbonyl (C=O) groups is 1. The standard InChI is InChI=1S/C24H22N4O6/c1-26-10-16(14-6-4-12(8-18(14)26)24(31)34-3)20-21(23(30)25-22(20)29)17-11-27(2)19-9-13(28(32)33)5-7-15(17)19/h4-11,22-23,25,29-30H,1-3H3. The molecule has 0 saturated heterocycles. The van der Waals surface area contributed by atoms with Crippen molar-refractivity contribution in [2.24, 2.45) is 14.1 Å². The van der Waals surface area contributed by atoms with E-state index in [0.29, 0.717) is 38.7 Å². The van der Waals surface area contributed by atoms with Crippen molar-refractivity contribution in [1.29, 1.82) is 0 Å². The molecular formula is C24H22N4O6. The monoisotopic (exact) mass is 462 g/mol. The van der Waals surface area contributed by atoms with Gasteiger partial charge in [-0.1, -0.05) is 6.07 Å². The van der Waals surface area contributed by atoms with Crippen LogP contribution in [0.25, 0.3) is 33.0 Å². The number of aromatic nitrogens is 2. The number of methoxy groups -OCH3 is 1. The van der Waals surface area contributed by atoms with Crippen molar-refractivity contribution >= 4 is 44.6 Å². The Hall–Kier alpha value is -3.99. The first kappa shape index (κ1) is 21.8. The molecule has 10 nitrogen and oxygen atoms in total. The van der Waals surface area contributed by atoms with E-state index in [9.17, 15) is 25.1 Å². The first-order valence-electron chi connectivity index (χ1n) is 10.5. The van der Waals surface area contributed by atoms with Crippen LogP contribution in [-0.4, -0.2) is 49.8 Å². The number of aliphatic hydroxyl groups is 2. The van der Waals surface area contributed by atoms with E-state index in [4.69, 9.17) is 4.74 Å². The summed E-state index contributed by atoms with van der Waals surface area (Å²) in [7, 11) is 4.92. The molecule has 3 N–H and O–H groups in total. The summed E-state index contributed by atoms with van der Waals surface area (Å²) in [6.07, 6.45) is 1.31. The van der Waals surface area contributed by atoms with E-state index in [0.717, 1.165) is 10.9 Å². The van der Waals surface area contributed by atoms with Gasteiger partial charge in [0.25, 0.3) is 5.69 Å². The van der Waals surface area contributed by atoms with E-state index < -0.39 is 23.3 Å². The van der Waals surface area contributed by atoms with Crippen molar-refractivity contribution in [2.45, 2.75) is 12.5 Å². The maximum Gasteiger partial charge on any atom is 0.337 e. The molecular weight excluding hydrogens is 440 g/mol. The molecule has 1 aliphatic heterocycles. The highest BCUT2D eigenvalue weighted by Gasteiger charge is 2.35. The lowest BCUT2D eigenvalue weighted by Crippen LogP contribution is -2.31. The summed E-state index contributed by atoms with van der Waals surface area (Å²) >= 11 is 0. The summed E-state index contributed by atoms with van der Waals surface area (Å²) in [6.45, 7) is 0. The molecule has 3 heterocycles. The minimum atomic E-state index is -1.16. The Kier molecular flexibility index (Phi) is 5.01. The third-order valence-corrected chi connectivity index (χ3v) is 6.33. The van der Waals surface area contributed by atoms with Crippen LogP contribution in [0.5, 0.6) is 0 Å². The Balaban J connectivity index is 1.76. The van der Waals surface area contributed by atoms with Gasteiger partial charge in [-0.15, -0.1) is 0 Å². The molecule has 0 bridgehead atoms. The highest BCUT2D eigenvalue weighted by atomic mass is 16.6. The molecule has 2 atom stereocenters. The average molecular weight is 462 g/mol. The fourth-order valence-corrected chi connectivity index (χ4v) is 4.74. The third-order valence-electron chi connectivity index (χ3n) is 6.33. The second-order valence-corrected chi connectivity index (χ2v) is 8.29. The van der Waals surface area contributed by atoms with Gasteiger partial charge in [0.15, 0.2) is 0 Å². The number of nitro groups is 1. The van der Waals surface area contributed by atoms with E-state index in [1.807, 2.05) is 17.8 Å². The number of aryl methyl sites for hydroxylation is 2. The van der Waals surface area contributed by atoms with Crippen LogP contribution in [0.2, 0.25) is 0 Å². The van der Waals surface area contributed by atoms with E-state index >= 15 is 0 Å². The molecule has 34 heavy (non-hydrogen) atoms. The van der Waals surface area contributed by atoms with Crippen molar-refractivity contribution in [3.8, 4) is 0 Å². The number of nitrogens with zero attached hydrogens (tertiary/aromatic N) is 3. The van der Waals surface area contributed by atoms with Gasteiger partial charge in [0.1, 0.15) is 12.5 Å². The van der Waals surface area contributed by atoms with E-state index in [2.05, 4.69) is 5.32 Å². The lowest BCUT2D eigenvalue weighted by molar-refractivity contribution is -0.384. The molecule has 0 amide bonds. The minimum Gasteiger partial charge on any atom is -0.465 e. The zero-order valence-electron chi connectivity index (χ0n) is 18.6. The van der Waals surface area contributed by atoms with Gasteiger partial charge in [0.05, 0.1) is 23.1 Å². The zero-order chi connectivity index (χ0) is 24.3. The molecule has 2 aromatic carbocycles. The number of benzene rings is 2. The lowest BCUT2D eigenvalue weighted by Gasteiger charge is -2.10. The average Bonchev–Trinajstić information content (AvgIpc) is 3.42. The number of aliphatic hydroxyl groups excluding tert-OH is 2. The van der Waals surface area contributed by atoms with Gasteiger partial charge in [-0.3, -0.25) is 15.4 Å². The molecule has 2 unspecified atom stereocenters. The van der Waals surface area contributed by atoms with Crippen LogP contribution in [0.3, 0.4) is 0 Å². The number of carbonyl (C=O) groups excluding carboxylic acids is 1. The van der Waals surface area contributed by atoms with Crippen molar-refractivity contribution in [3.63, 3.8) is 0 Å². The number of esters is 1. The predicted molar refractivity (Wildman–Crippen MR) is 126 cm³/mol. The Morgan fingerprint density at radius 2 is 1.50 bits per heavy atom. The van der Waals surface area contributed by atoms with Gasteiger partial charge in [-0.05, 0) is 18.2 Å². The fraction of sp³-hybridized carbons (Fsp3) is 0.208. The molecule has 4 aromatic rings. The van der Waals surface area contributed by atoms with Crippen LogP contribution >= 0.6 is 0 Å². The van der Waals surface area contributed by atoms with Crippen molar-refractivity contribution in [1.82, 2.24) is 14.5 Å². The van der Waals surface area contributed by atoms with Gasteiger partial charge in [-0.2, -0.15) is 0 Å². The number of nitrogens with one attached hydrogen (secondary N) is 1. The molecule has 0 spiro atoms. The van der Waals surface area contributed by atoms with Gasteiger partial charge in [0, 0.05) is 77.2 Å². The van der Waals surface area contributed by atoms with E-state index in [1.54, 1.807) is 42.1 Å². The normalized spacial score (nSPS) is 18.3. The Morgan fingerprint density at radius 3 is 2.03 bits per heavy atom. The summed E-state index contributed by atoms with van der Waals surface area (Å²) in [6, 6.07) is 9.70. The summed E-state index contributed by atoms with van der Waals surface area (Å²) in [4.78, 5) is 22.8. The number of ether oxygens (including phenoxy) is 1. The van der Waals surface area contributed by atoms with Crippen molar-refractivity contribution < 1.29 is 24.7 Å². The zero-order valence-corrected chi connectivity index (χ0v) is 18.6. The highest BCUT2D eigenvalue weighted by Crippen LogP contribution is 2.42. The largest absolute Gasteiger partial charge is 0.465 e. The minimum absolute atomic E-state index is 0.0324. The molecule has 2 aromatic heterocycles. The number of rotatable bonds is 4. The Labute approximate surface area is 193 Å². The summed E-state index contributed by atoms with van der Waals surface area (Å²) in [5, 5.41) is 37.3. The number of nitro benzene ring substituents is 1. The number of hydrogen-bond acceptors (Lipinski definition) is 7. The lowest BCUT2D eigenvalue weighted by atomic mass is 9.94. The molecule has 0 aliphatic carbocycles. The van der Waals surface area contributed by atoms with Crippen LogP contribution in [0.15, 0.2) is 48.8 Å². The first-order chi connectivity index (χ1) is 16.2. The van der Waals surface area contributed by atoms with Crippen LogP contribution in [0.1, 0.15) is 21.5 Å². The Bertz CT molecular complexity index is 1530. The Morgan fingerprint density at radius 1 is 0.971 bits per heavy atom. The molecule has 1 aliphatic rings. The fourth-order valence-electron chi connectivity index (χ4n) is 4.74. The van der Waals surface area contributed by atoms with Gasteiger partial charge >= 0.3 is 5.97 Å². The van der Waals surface area contributed by atoms with Crippen LogP contribution < -0.4 is 5.32 Å². The van der Waals surface area contributed by atoms with E-state index in [1.165, 1.54) is 19.2 Å². The molecule has 0 fully saturated rings. The van der Waals surface area contributed by atoms with Gasteiger partial charge in [0.2, 0.25) is 0 Å². The molecule has 174 valence electrons. The summed E-state index contributed by atoms with van der Waals surface area (Å²) in [5.74, 6) is -0.451. The number of hydrogen-bond donors (Lipinski definition) is 3. The van der Waals surface area contributed by atoms with E-state index in [-0.39, 0.29) is 5.69 Å². The second kappa shape index (κ2) is 7.80. The molecule has 10 heteroatoms. The summed E-state index contributed by atoms with van der Waals surface area (Å²) in [5.41, 5.74) is 4.08. The number of non-ortho nitro benzene ring substituents is 1.